The van der Waals surface area contributed by atoms with Gasteiger partial charge in [0.25, 0.3) is 0 Å². The average Bonchev–Trinajstić information content (AvgIpc) is 2.84. The molecule has 4 heteroatoms. The van der Waals surface area contributed by atoms with Gasteiger partial charge in [0.2, 0.25) is 0 Å². The van der Waals surface area contributed by atoms with Crippen molar-refractivity contribution in [3.63, 3.8) is 0 Å². The smallest absolute Gasteiger partial charge is 0.329 e. The Balaban J connectivity index is 2.48. The van der Waals surface area contributed by atoms with Crippen LogP contribution in [0, 0.1) is 11.3 Å². The molecule has 0 amide bonds. The summed E-state index contributed by atoms with van der Waals surface area (Å²) in [5, 5.41) is 18.9. The predicted octanol–water partition coefficient (Wildman–Crippen LogP) is 2.78. The molecule has 1 N–H and O–H groups in total. The first-order valence-electron chi connectivity index (χ1n) is 6.66. The number of benzene rings is 1. The first-order valence-corrected chi connectivity index (χ1v) is 6.66. The van der Waals surface area contributed by atoms with E-state index in [1.165, 1.54) is 0 Å². The largest absolute Gasteiger partial charge is 0.479 e. The molecule has 1 atom stereocenters. The monoisotopic (exact) mass is 258 g/mol. The highest BCUT2D eigenvalue weighted by molar-refractivity contribution is 5.85. The Morgan fingerprint density at radius 3 is 2.89 bits per heavy atom. The summed E-state index contributed by atoms with van der Waals surface area (Å²) in [5.41, 5.74) is 0.450. The van der Waals surface area contributed by atoms with Crippen molar-refractivity contribution in [3.8, 4) is 6.07 Å². The van der Waals surface area contributed by atoms with E-state index in [1.807, 2.05) is 24.0 Å². The summed E-state index contributed by atoms with van der Waals surface area (Å²) in [5.74, 6) is -0.778. The van der Waals surface area contributed by atoms with Crippen molar-refractivity contribution in [2.75, 3.05) is 11.4 Å². The molecule has 1 fully saturated rings. The number of nitrogens with zero attached hydrogens (tertiary/aromatic N) is 2. The molecule has 1 aromatic carbocycles. The average molecular weight is 258 g/mol. The highest BCUT2D eigenvalue weighted by Gasteiger charge is 2.47. The lowest BCUT2D eigenvalue weighted by atomic mass is 9.90. The maximum Gasteiger partial charge on any atom is 0.329 e. The lowest BCUT2D eigenvalue weighted by molar-refractivity contribution is -0.143. The molecule has 19 heavy (non-hydrogen) atoms. The van der Waals surface area contributed by atoms with E-state index in [2.05, 4.69) is 6.07 Å². The van der Waals surface area contributed by atoms with E-state index in [-0.39, 0.29) is 0 Å². The number of carbonyl (C=O) groups is 1. The van der Waals surface area contributed by atoms with E-state index in [9.17, 15) is 15.2 Å². The number of rotatable bonds is 4. The van der Waals surface area contributed by atoms with Crippen LogP contribution in [0.2, 0.25) is 0 Å². The highest BCUT2D eigenvalue weighted by atomic mass is 16.4. The Kier molecular flexibility index (Phi) is 3.75. The number of carboxylic acids is 1. The second kappa shape index (κ2) is 5.31. The third kappa shape index (κ3) is 2.17. The summed E-state index contributed by atoms with van der Waals surface area (Å²) in [6.45, 7) is 2.70. The Morgan fingerprint density at radius 1 is 1.53 bits per heavy atom. The van der Waals surface area contributed by atoms with Crippen LogP contribution in [-0.4, -0.2) is 23.2 Å². The normalized spacial score (nSPS) is 22.2. The van der Waals surface area contributed by atoms with Gasteiger partial charge in [-0.05, 0) is 31.4 Å². The molecular weight excluding hydrogens is 240 g/mol. The summed E-state index contributed by atoms with van der Waals surface area (Å²) >= 11 is 0. The minimum absolute atomic E-state index is 0.547. The van der Waals surface area contributed by atoms with Gasteiger partial charge in [-0.25, -0.2) is 4.79 Å². The van der Waals surface area contributed by atoms with Gasteiger partial charge in [0.05, 0.1) is 11.3 Å². The van der Waals surface area contributed by atoms with Gasteiger partial charge < -0.3 is 10.0 Å². The molecule has 2 rings (SSSR count). The van der Waals surface area contributed by atoms with Gasteiger partial charge in [0, 0.05) is 6.54 Å². The number of carboxylic acid groups (broad SMARTS) is 1. The predicted molar refractivity (Wildman–Crippen MR) is 73.0 cm³/mol. The van der Waals surface area contributed by atoms with Crippen molar-refractivity contribution >= 4 is 11.7 Å². The van der Waals surface area contributed by atoms with Crippen LogP contribution in [0.25, 0.3) is 0 Å². The van der Waals surface area contributed by atoms with Crippen LogP contribution in [0.4, 0.5) is 5.69 Å². The number of aliphatic carboxylic acids is 1. The maximum absolute atomic E-state index is 11.8. The van der Waals surface area contributed by atoms with Crippen molar-refractivity contribution in [2.45, 2.75) is 38.1 Å². The van der Waals surface area contributed by atoms with Gasteiger partial charge in [-0.15, -0.1) is 0 Å². The molecule has 0 bridgehead atoms. The van der Waals surface area contributed by atoms with Crippen LogP contribution < -0.4 is 4.90 Å². The van der Waals surface area contributed by atoms with Crippen LogP contribution in [0.5, 0.6) is 0 Å². The number of anilines is 1. The Bertz CT molecular complexity index is 521. The first-order chi connectivity index (χ1) is 9.15. The van der Waals surface area contributed by atoms with Crippen LogP contribution in [0.15, 0.2) is 24.3 Å². The zero-order chi connectivity index (χ0) is 13.9. The maximum atomic E-state index is 11.8. The highest BCUT2D eigenvalue weighted by Crippen LogP contribution is 2.39. The summed E-state index contributed by atoms with van der Waals surface area (Å²) in [7, 11) is 0. The summed E-state index contributed by atoms with van der Waals surface area (Å²) in [4.78, 5) is 13.7. The molecule has 0 aliphatic carbocycles. The van der Waals surface area contributed by atoms with Crippen molar-refractivity contribution < 1.29 is 9.90 Å². The molecular formula is C15H18N2O2. The summed E-state index contributed by atoms with van der Waals surface area (Å²) in [6.07, 6.45) is 2.93. The first kappa shape index (κ1) is 13.4. The van der Waals surface area contributed by atoms with E-state index in [0.717, 1.165) is 18.5 Å². The van der Waals surface area contributed by atoms with Crippen LogP contribution in [0.1, 0.15) is 38.2 Å². The Labute approximate surface area is 113 Å². The van der Waals surface area contributed by atoms with E-state index in [4.69, 9.17) is 0 Å². The van der Waals surface area contributed by atoms with E-state index >= 15 is 0 Å². The van der Waals surface area contributed by atoms with Crippen molar-refractivity contribution in [3.05, 3.63) is 29.8 Å². The van der Waals surface area contributed by atoms with Crippen LogP contribution in [-0.2, 0) is 4.79 Å². The minimum Gasteiger partial charge on any atom is -0.479 e. The third-order valence-corrected chi connectivity index (χ3v) is 3.87. The molecule has 0 saturated carbocycles. The Morgan fingerprint density at radius 2 is 2.26 bits per heavy atom. The Hall–Kier alpha value is -2.02. The molecule has 4 nitrogen and oxygen atoms in total. The molecule has 1 saturated heterocycles. The van der Waals surface area contributed by atoms with E-state index < -0.39 is 11.5 Å². The van der Waals surface area contributed by atoms with Crippen molar-refractivity contribution in [1.29, 1.82) is 5.26 Å². The number of nitriles is 1. The minimum atomic E-state index is -0.846. The fourth-order valence-corrected chi connectivity index (χ4v) is 3.04. The SMILES string of the molecule is CCCC1(C(=O)O)CCCN1c1ccccc1C#N. The molecule has 1 unspecified atom stereocenters. The zero-order valence-electron chi connectivity index (χ0n) is 11.1. The van der Waals surface area contributed by atoms with Crippen LogP contribution in [0.3, 0.4) is 0 Å². The molecule has 1 aromatic rings. The van der Waals surface area contributed by atoms with E-state index in [1.54, 1.807) is 12.1 Å². The van der Waals surface area contributed by atoms with Gasteiger partial charge in [-0.3, -0.25) is 0 Å². The van der Waals surface area contributed by atoms with Gasteiger partial charge in [-0.1, -0.05) is 25.5 Å². The second-order valence-corrected chi connectivity index (χ2v) is 4.97. The van der Waals surface area contributed by atoms with Crippen LogP contribution >= 0.6 is 0 Å². The zero-order valence-corrected chi connectivity index (χ0v) is 11.1. The van der Waals surface area contributed by atoms with Crippen molar-refractivity contribution in [2.24, 2.45) is 0 Å². The second-order valence-electron chi connectivity index (χ2n) is 4.97. The molecule has 0 radical (unpaired) electrons. The summed E-state index contributed by atoms with van der Waals surface area (Å²) < 4.78 is 0. The fourth-order valence-electron chi connectivity index (χ4n) is 3.04. The number of hydrogen-bond donors (Lipinski definition) is 1. The lowest BCUT2D eigenvalue weighted by Crippen LogP contribution is -2.51. The lowest BCUT2D eigenvalue weighted by Gasteiger charge is -2.36. The van der Waals surface area contributed by atoms with Crippen molar-refractivity contribution in [1.82, 2.24) is 0 Å². The quantitative estimate of drug-likeness (QED) is 0.902. The number of hydrogen-bond acceptors (Lipinski definition) is 3. The molecule has 1 heterocycles. The van der Waals surface area contributed by atoms with Gasteiger partial charge in [0.1, 0.15) is 11.6 Å². The summed E-state index contributed by atoms with van der Waals surface area (Å²) in [6, 6.07) is 9.40. The molecule has 1 aliphatic heterocycles. The van der Waals surface area contributed by atoms with Gasteiger partial charge >= 0.3 is 5.97 Å². The van der Waals surface area contributed by atoms with Gasteiger partial charge in [-0.2, -0.15) is 5.26 Å². The fraction of sp³-hybridized carbons (Fsp3) is 0.467. The molecule has 0 aromatic heterocycles. The molecule has 100 valence electrons. The molecule has 0 spiro atoms. The standard InChI is InChI=1S/C15H18N2O2/c1-2-8-15(14(18)19)9-5-10-17(15)13-7-4-3-6-12(13)11-16/h3-4,6-7H,2,5,8-10H2,1H3,(H,18,19). The van der Waals surface area contributed by atoms with Gasteiger partial charge in [0.15, 0.2) is 0 Å². The third-order valence-electron chi connectivity index (χ3n) is 3.87. The van der Waals surface area contributed by atoms with E-state index in [0.29, 0.717) is 24.9 Å². The topological polar surface area (TPSA) is 64.3 Å². The molecule has 1 aliphatic rings. The number of para-hydroxylation sites is 1.